The molecule has 7 rings (SSSR count). The molecule has 5 heterocycles. The number of carbonyl (C=O) groups is 5. The van der Waals surface area contributed by atoms with Crippen molar-refractivity contribution in [1.29, 1.82) is 0 Å². The van der Waals surface area contributed by atoms with Gasteiger partial charge in [0.15, 0.2) is 11.6 Å². The molecule has 3 amide bonds. The Morgan fingerprint density at radius 1 is 0.739 bits per heavy atom. The number of thiophene rings is 2. The highest BCUT2D eigenvalue weighted by molar-refractivity contribution is 7.18. The fourth-order valence-electron chi connectivity index (χ4n) is 7.33. The highest BCUT2D eigenvalue weighted by Gasteiger charge is 2.34. The summed E-state index contributed by atoms with van der Waals surface area (Å²) >= 11 is 14.3. The van der Waals surface area contributed by atoms with Crippen LogP contribution < -0.4 is 31.3 Å². The van der Waals surface area contributed by atoms with Crippen LogP contribution in [0, 0.1) is 0 Å². The van der Waals surface area contributed by atoms with Gasteiger partial charge in [0, 0.05) is 82.0 Å². The summed E-state index contributed by atoms with van der Waals surface area (Å²) in [5, 5.41) is 8.81. The Morgan fingerprint density at radius 2 is 1.19 bits per heavy atom. The minimum absolute atomic E-state index is 0.00228. The number of amides is 3. The number of carbonyl (C=O) groups excluding carboxylic acids is 5. The monoisotopic (exact) mass is 1030 g/mol. The number of ether oxygens (including phenoxy) is 5. The summed E-state index contributed by atoms with van der Waals surface area (Å²) < 4.78 is 27.8. The van der Waals surface area contributed by atoms with Gasteiger partial charge >= 0.3 is 12.2 Å². The number of benzene rings is 2. The van der Waals surface area contributed by atoms with E-state index in [0.29, 0.717) is 110 Å². The Bertz CT molecular complexity index is 2320. The zero-order valence-corrected chi connectivity index (χ0v) is 42.5. The van der Waals surface area contributed by atoms with E-state index in [1.54, 1.807) is 41.0 Å². The Labute approximate surface area is 420 Å². The highest BCUT2D eigenvalue weighted by Crippen LogP contribution is 2.30. The Hall–Kier alpha value is -5.16. The number of nitrogens with zero attached hydrogens (tertiary/aromatic N) is 5. The van der Waals surface area contributed by atoms with Gasteiger partial charge < -0.3 is 33.9 Å². The second-order valence-electron chi connectivity index (χ2n) is 15.5. The molecule has 4 aromatic rings. The molecule has 0 unspecified atom stereocenters. The molecule has 69 heavy (non-hydrogen) atoms. The lowest BCUT2D eigenvalue weighted by molar-refractivity contribution is -0.365. The number of nitrogens with one attached hydrogen (secondary N) is 2. The Morgan fingerprint density at radius 3 is 1.58 bits per heavy atom. The molecule has 0 radical (unpaired) electrons. The van der Waals surface area contributed by atoms with E-state index < -0.39 is 12.1 Å². The largest absolute Gasteiger partial charge is 0.444 e. The molecule has 374 valence electrons. The molecule has 2 atom stereocenters. The standard InChI is InChI=1S/C21H21ClN4O4S.C18H21ClN4O3S.C8H18O3/c1-14-23-24(13-27)10-11-25(14)15-2-4-16(5-3-15)26-12-17(30-21(26)29)6-7-18(28)19-8-9-20(22)31-19;19-17-8-7-16(27-17)15(24)6-5-14-11-23(18(25)26-14)13-3-1-12(2-4-13)21-9-10-22-20;1-5-9-8(4,10-6-2)11-7-3/h2-5,8-9,13,17H,6-7,10-12H2,1H3;1-4,7-8,14,21-22H,5-6,9-11,20H2;5-7H2,1-4H3/t17-;14-;/m00./s1. The molecule has 4 N–H and O–H groups in total. The fraction of sp³-hybridized carbons (Fsp3) is 0.447. The summed E-state index contributed by atoms with van der Waals surface area (Å²) in [4.78, 5) is 66.3. The van der Waals surface area contributed by atoms with Crippen LogP contribution in [0.15, 0.2) is 77.9 Å². The number of cyclic esters (lactones) is 2. The molecule has 0 saturated carbocycles. The number of hydrogen-bond donors (Lipinski definition) is 3. The minimum atomic E-state index is -0.849. The summed E-state index contributed by atoms with van der Waals surface area (Å²) in [7, 11) is 0. The minimum Gasteiger partial charge on any atom is -0.444 e. The fourth-order valence-corrected chi connectivity index (χ4v) is 9.35. The molecule has 3 aliphatic rings. The van der Waals surface area contributed by atoms with E-state index in [-0.39, 0.29) is 29.9 Å². The third-order valence-electron chi connectivity index (χ3n) is 10.6. The third kappa shape index (κ3) is 16.5. The topological polar surface area (TPSA) is 207 Å². The first-order valence-corrected chi connectivity index (χ1v) is 25.0. The van der Waals surface area contributed by atoms with Gasteiger partial charge in [-0.25, -0.2) is 14.6 Å². The zero-order valence-electron chi connectivity index (χ0n) is 39.3. The average molecular weight is 1030 g/mol. The quantitative estimate of drug-likeness (QED) is 0.0168. The van der Waals surface area contributed by atoms with E-state index in [0.717, 1.165) is 28.6 Å². The van der Waals surface area contributed by atoms with Crippen LogP contribution in [-0.2, 0) is 28.5 Å². The van der Waals surface area contributed by atoms with Crippen LogP contribution in [0.4, 0.5) is 32.3 Å². The van der Waals surface area contributed by atoms with E-state index in [4.69, 9.17) is 52.7 Å². The van der Waals surface area contributed by atoms with E-state index in [1.165, 1.54) is 27.7 Å². The van der Waals surface area contributed by atoms with Gasteiger partial charge in [-0.15, -0.1) is 22.7 Å². The molecule has 22 heteroatoms. The van der Waals surface area contributed by atoms with Gasteiger partial charge in [0.1, 0.15) is 18.0 Å². The van der Waals surface area contributed by atoms with Crippen LogP contribution in [0.1, 0.15) is 79.6 Å². The maximum absolute atomic E-state index is 12.3. The second-order valence-corrected chi connectivity index (χ2v) is 19.0. The van der Waals surface area contributed by atoms with Gasteiger partial charge in [0.2, 0.25) is 6.41 Å². The van der Waals surface area contributed by atoms with Crippen molar-refractivity contribution in [3.63, 3.8) is 0 Å². The van der Waals surface area contributed by atoms with E-state index in [2.05, 4.69) is 15.8 Å². The molecule has 0 bridgehead atoms. The number of Topliss-reactive ketones (excluding diaryl/α,β-unsaturated/α-hetero) is 2. The van der Waals surface area contributed by atoms with E-state index in [1.807, 2.05) is 81.1 Å². The predicted molar refractivity (Wildman–Crippen MR) is 271 cm³/mol. The van der Waals surface area contributed by atoms with Crippen molar-refractivity contribution in [2.75, 3.05) is 79.1 Å². The van der Waals surface area contributed by atoms with Crippen LogP contribution in [0.2, 0.25) is 8.67 Å². The molecule has 2 saturated heterocycles. The van der Waals surface area contributed by atoms with E-state index >= 15 is 0 Å². The summed E-state index contributed by atoms with van der Waals surface area (Å²) in [5.41, 5.74) is 5.94. The maximum atomic E-state index is 12.3. The molecule has 2 aromatic carbocycles. The number of amidine groups is 1. The summed E-state index contributed by atoms with van der Waals surface area (Å²) in [6.45, 7) is 14.5. The van der Waals surface area contributed by atoms with Gasteiger partial charge in [-0.2, -0.15) is 5.10 Å². The van der Waals surface area contributed by atoms with Gasteiger partial charge in [-0.1, -0.05) is 23.2 Å². The molecule has 0 aliphatic carbocycles. The van der Waals surface area contributed by atoms with Crippen molar-refractivity contribution in [3.8, 4) is 0 Å². The maximum Gasteiger partial charge on any atom is 0.414 e. The summed E-state index contributed by atoms with van der Waals surface area (Å²) in [6.07, 6.45) is 0.841. The number of hydrazine groups is 1. The van der Waals surface area contributed by atoms with Crippen LogP contribution in [0.25, 0.3) is 0 Å². The lowest BCUT2D eigenvalue weighted by atomic mass is 10.1. The van der Waals surface area contributed by atoms with Crippen molar-refractivity contribution in [2.24, 2.45) is 10.9 Å². The number of ketones is 2. The number of nitrogens with two attached hydrogens (primary N) is 1. The molecule has 3 aliphatic heterocycles. The molecule has 2 fully saturated rings. The zero-order chi connectivity index (χ0) is 49.9. The van der Waals surface area contributed by atoms with Crippen molar-refractivity contribution in [2.45, 2.75) is 78.5 Å². The van der Waals surface area contributed by atoms with Crippen LogP contribution >= 0.6 is 45.9 Å². The lowest BCUT2D eigenvalue weighted by Gasteiger charge is -2.31. The van der Waals surface area contributed by atoms with Crippen LogP contribution in [0.3, 0.4) is 0 Å². The number of halogens is 2. The SMILES string of the molecule is CC1=NN(C=O)CCN1c1ccc(N2C[C@H](CCC(=O)c3ccc(Cl)s3)OC2=O)cc1.CCOC(C)(OCC)OCC.NNCCNc1ccc(N2C[C@H](CCC(=O)c3ccc(Cl)s3)OC2=O)cc1. The first-order valence-electron chi connectivity index (χ1n) is 22.6. The van der Waals surface area contributed by atoms with Crippen molar-refractivity contribution < 1.29 is 47.7 Å². The third-order valence-corrected chi connectivity index (χ3v) is 13.2. The van der Waals surface area contributed by atoms with E-state index in [9.17, 15) is 24.0 Å². The normalized spacial score (nSPS) is 16.8. The van der Waals surface area contributed by atoms with Gasteiger partial charge in [-0.05, 0) is 113 Å². The van der Waals surface area contributed by atoms with Gasteiger partial charge in [0.05, 0.1) is 38.1 Å². The van der Waals surface area contributed by atoms with Crippen LogP contribution in [-0.4, -0.2) is 118 Å². The molecular weight excluding hydrogens is 972 g/mol. The van der Waals surface area contributed by atoms with Crippen molar-refractivity contribution in [3.05, 3.63) is 91.2 Å². The van der Waals surface area contributed by atoms with Crippen molar-refractivity contribution in [1.82, 2.24) is 10.4 Å². The first-order chi connectivity index (χ1) is 33.2. The summed E-state index contributed by atoms with van der Waals surface area (Å²) in [6, 6.07) is 21.9. The molecular formula is C47H60Cl2N8O10S2. The Balaban J connectivity index is 0.000000214. The molecule has 0 spiro atoms. The Kier molecular flexibility index (Phi) is 21.7. The molecule has 2 aromatic heterocycles. The molecule has 18 nitrogen and oxygen atoms in total. The van der Waals surface area contributed by atoms with Gasteiger partial charge in [0.25, 0.3) is 5.97 Å². The number of rotatable bonds is 22. The number of hydrogen-bond acceptors (Lipinski definition) is 17. The first kappa shape index (κ1) is 54.8. The second kappa shape index (κ2) is 27.3. The number of anilines is 4. The average Bonchev–Trinajstić information content (AvgIpc) is 4.15. The summed E-state index contributed by atoms with van der Waals surface area (Å²) in [5.74, 6) is 5.13. The number of hydrazone groups is 1. The van der Waals surface area contributed by atoms with Gasteiger partial charge in [-0.3, -0.25) is 35.5 Å². The highest BCUT2D eigenvalue weighted by atomic mass is 35.5. The smallest absolute Gasteiger partial charge is 0.414 e. The van der Waals surface area contributed by atoms with Crippen LogP contribution in [0.5, 0.6) is 0 Å². The lowest BCUT2D eigenvalue weighted by Crippen LogP contribution is -2.42. The van der Waals surface area contributed by atoms with Crippen molar-refractivity contribution >= 4 is 105 Å². The predicted octanol–water partition coefficient (Wildman–Crippen LogP) is 9.04.